The molecular weight excluding hydrogens is 344 g/mol. The van der Waals surface area contributed by atoms with Gasteiger partial charge < -0.3 is 15.0 Å². The lowest BCUT2D eigenvalue weighted by Crippen LogP contribution is -2.48. The Bertz CT molecular complexity index is 835. The first-order valence-corrected chi connectivity index (χ1v) is 9.52. The highest BCUT2D eigenvalue weighted by atomic mass is 16.5. The number of amides is 2. The van der Waals surface area contributed by atoms with Gasteiger partial charge in [0.15, 0.2) is 0 Å². The second-order valence-corrected chi connectivity index (χ2v) is 7.35. The average Bonchev–Trinajstić information content (AvgIpc) is 2.95. The maximum atomic E-state index is 12.6. The van der Waals surface area contributed by atoms with Crippen LogP contribution >= 0.6 is 0 Å². The van der Waals surface area contributed by atoms with Gasteiger partial charge >= 0.3 is 0 Å². The fourth-order valence-corrected chi connectivity index (χ4v) is 3.66. The average molecular weight is 372 g/mol. The van der Waals surface area contributed by atoms with Crippen LogP contribution < -0.4 is 5.32 Å². The summed E-state index contributed by atoms with van der Waals surface area (Å²) in [5, 5.41) is 2.92. The summed E-state index contributed by atoms with van der Waals surface area (Å²) in [4.78, 5) is 31.3. The summed E-state index contributed by atoms with van der Waals surface area (Å²) < 4.78 is 7.48. The minimum Gasteiger partial charge on any atom is -0.372 e. The third kappa shape index (κ3) is 4.30. The SMILES string of the molecule is Cc1nc2c(C)cccn2c1C(=O)NCCCC(=O)N1CC(C)OC(C)C1. The summed E-state index contributed by atoms with van der Waals surface area (Å²) >= 11 is 0. The van der Waals surface area contributed by atoms with Crippen LogP contribution in [-0.2, 0) is 9.53 Å². The lowest BCUT2D eigenvalue weighted by atomic mass is 10.2. The van der Waals surface area contributed by atoms with Gasteiger partial charge in [0.1, 0.15) is 11.3 Å². The van der Waals surface area contributed by atoms with Gasteiger partial charge in [-0.3, -0.25) is 14.0 Å². The number of hydrogen-bond donors (Lipinski definition) is 1. The largest absolute Gasteiger partial charge is 0.372 e. The first-order chi connectivity index (χ1) is 12.9. The number of rotatable bonds is 5. The molecule has 0 bridgehead atoms. The summed E-state index contributed by atoms with van der Waals surface area (Å²) in [6, 6.07) is 3.88. The van der Waals surface area contributed by atoms with Gasteiger partial charge in [-0.15, -0.1) is 0 Å². The van der Waals surface area contributed by atoms with E-state index in [1.54, 1.807) is 0 Å². The number of aryl methyl sites for hydroxylation is 2. The summed E-state index contributed by atoms with van der Waals surface area (Å²) in [5.74, 6) is -0.0421. The van der Waals surface area contributed by atoms with Crippen LogP contribution in [0.4, 0.5) is 0 Å². The van der Waals surface area contributed by atoms with Gasteiger partial charge in [0.2, 0.25) is 5.91 Å². The van der Waals surface area contributed by atoms with Gasteiger partial charge in [-0.05, 0) is 45.7 Å². The first kappa shape index (κ1) is 19.4. The molecule has 27 heavy (non-hydrogen) atoms. The quantitative estimate of drug-likeness (QED) is 0.816. The van der Waals surface area contributed by atoms with Crippen LogP contribution in [0.15, 0.2) is 18.3 Å². The van der Waals surface area contributed by atoms with Crippen LogP contribution in [-0.4, -0.2) is 57.9 Å². The van der Waals surface area contributed by atoms with Crippen LogP contribution in [0, 0.1) is 13.8 Å². The fraction of sp³-hybridized carbons (Fsp3) is 0.550. The van der Waals surface area contributed by atoms with Crippen molar-refractivity contribution in [2.75, 3.05) is 19.6 Å². The number of aromatic nitrogens is 2. The van der Waals surface area contributed by atoms with Crippen molar-refractivity contribution in [3.05, 3.63) is 35.3 Å². The van der Waals surface area contributed by atoms with E-state index in [-0.39, 0.29) is 24.0 Å². The molecule has 2 aromatic rings. The third-order valence-corrected chi connectivity index (χ3v) is 4.86. The van der Waals surface area contributed by atoms with Gasteiger partial charge in [-0.25, -0.2) is 4.98 Å². The Morgan fingerprint density at radius 1 is 1.26 bits per heavy atom. The molecular formula is C20H28N4O3. The highest BCUT2D eigenvalue weighted by Crippen LogP contribution is 2.15. The molecule has 3 heterocycles. The predicted octanol–water partition coefficient (Wildman–Crippen LogP) is 2.10. The predicted molar refractivity (Wildman–Crippen MR) is 103 cm³/mol. The van der Waals surface area contributed by atoms with Gasteiger partial charge in [0.05, 0.1) is 17.9 Å². The first-order valence-electron chi connectivity index (χ1n) is 9.52. The molecule has 3 rings (SSSR count). The van der Waals surface area contributed by atoms with Gasteiger partial charge in [-0.2, -0.15) is 0 Å². The van der Waals surface area contributed by atoms with E-state index in [4.69, 9.17) is 4.74 Å². The van der Waals surface area contributed by atoms with Crippen molar-refractivity contribution in [1.29, 1.82) is 0 Å². The molecule has 0 radical (unpaired) electrons. The van der Waals surface area contributed by atoms with Crippen molar-refractivity contribution in [2.45, 2.75) is 52.7 Å². The normalized spacial score (nSPS) is 20.1. The highest BCUT2D eigenvalue weighted by Gasteiger charge is 2.25. The van der Waals surface area contributed by atoms with Crippen molar-refractivity contribution < 1.29 is 14.3 Å². The molecule has 0 spiro atoms. The zero-order chi connectivity index (χ0) is 19.6. The number of carbonyl (C=O) groups excluding carboxylic acids is 2. The zero-order valence-electron chi connectivity index (χ0n) is 16.5. The molecule has 7 heteroatoms. The Morgan fingerprint density at radius 3 is 2.67 bits per heavy atom. The molecule has 1 saturated heterocycles. The number of carbonyl (C=O) groups is 2. The Labute approximate surface area is 159 Å². The lowest BCUT2D eigenvalue weighted by Gasteiger charge is -2.35. The molecule has 2 unspecified atom stereocenters. The summed E-state index contributed by atoms with van der Waals surface area (Å²) in [6.07, 6.45) is 3.02. The molecule has 146 valence electrons. The number of pyridine rings is 1. The molecule has 1 aliphatic rings. The minimum atomic E-state index is -0.160. The van der Waals surface area contributed by atoms with Crippen molar-refractivity contribution in [1.82, 2.24) is 19.6 Å². The van der Waals surface area contributed by atoms with Gasteiger partial charge in [0, 0.05) is 32.3 Å². The molecule has 7 nitrogen and oxygen atoms in total. The molecule has 1 aliphatic heterocycles. The van der Waals surface area contributed by atoms with Gasteiger partial charge in [0.25, 0.3) is 5.91 Å². The van der Waals surface area contributed by atoms with E-state index in [1.807, 2.05) is 55.3 Å². The summed E-state index contributed by atoms with van der Waals surface area (Å²) in [6.45, 7) is 9.50. The molecule has 1 fully saturated rings. The van der Waals surface area contributed by atoms with Crippen LogP contribution in [0.5, 0.6) is 0 Å². The number of morpholine rings is 1. The highest BCUT2D eigenvalue weighted by molar-refractivity contribution is 5.94. The molecule has 2 atom stereocenters. The van der Waals surface area contributed by atoms with Crippen LogP contribution in [0.3, 0.4) is 0 Å². The van der Waals surface area contributed by atoms with E-state index >= 15 is 0 Å². The van der Waals surface area contributed by atoms with E-state index in [1.165, 1.54) is 0 Å². The van der Waals surface area contributed by atoms with E-state index in [2.05, 4.69) is 10.3 Å². The molecule has 0 aromatic carbocycles. The number of imidazole rings is 1. The van der Waals surface area contributed by atoms with Crippen molar-refractivity contribution >= 4 is 17.5 Å². The minimum absolute atomic E-state index is 0.0685. The number of hydrogen-bond acceptors (Lipinski definition) is 4. The zero-order valence-corrected chi connectivity index (χ0v) is 16.5. The van der Waals surface area contributed by atoms with Crippen molar-refractivity contribution in [3.8, 4) is 0 Å². The van der Waals surface area contributed by atoms with E-state index in [0.29, 0.717) is 43.9 Å². The second-order valence-electron chi connectivity index (χ2n) is 7.35. The number of nitrogens with zero attached hydrogens (tertiary/aromatic N) is 3. The van der Waals surface area contributed by atoms with Crippen LogP contribution in [0.2, 0.25) is 0 Å². The topological polar surface area (TPSA) is 75.9 Å². The molecule has 0 aliphatic carbocycles. The van der Waals surface area contributed by atoms with Crippen LogP contribution in [0.25, 0.3) is 5.65 Å². The van der Waals surface area contributed by atoms with E-state index in [9.17, 15) is 9.59 Å². The van der Waals surface area contributed by atoms with Crippen molar-refractivity contribution in [2.24, 2.45) is 0 Å². The number of nitrogens with one attached hydrogen (secondary N) is 1. The summed E-state index contributed by atoms with van der Waals surface area (Å²) in [5.41, 5.74) is 3.08. The maximum absolute atomic E-state index is 12.6. The monoisotopic (exact) mass is 372 g/mol. The molecule has 1 N–H and O–H groups in total. The van der Waals surface area contributed by atoms with Crippen molar-refractivity contribution in [3.63, 3.8) is 0 Å². The Kier molecular flexibility index (Phi) is 5.79. The lowest BCUT2D eigenvalue weighted by molar-refractivity contribution is -0.143. The Balaban J connectivity index is 1.52. The standard InChI is InChI=1S/C20H28N4O3/c1-13-7-6-10-24-18(16(4)22-19(13)24)20(26)21-9-5-8-17(25)23-11-14(2)27-15(3)12-23/h6-7,10,14-15H,5,8-9,11-12H2,1-4H3,(H,21,26). The molecule has 2 aromatic heterocycles. The van der Waals surface area contributed by atoms with Crippen LogP contribution in [0.1, 0.15) is 48.4 Å². The maximum Gasteiger partial charge on any atom is 0.270 e. The van der Waals surface area contributed by atoms with E-state index < -0.39 is 0 Å². The number of fused-ring (bicyclic) bond motifs is 1. The number of ether oxygens (including phenoxy) is 1. The second kappa shape index (κ2) is 8.08. The Morgan fingerprint density at radius 2 is 1.96 bits per heavy atom. The molecule has 0 saturated carbocycles. The molecule has 2 amide bonds. The smallest absolute Gasteiger partial charge is 0.270 e. The summed E-state index contributed by atoms with van der Waals surface area (Å²) in [7, 11) is 0. The third-order valence-electron chi connectivity index (χ3n) is 4.86. The Hall–Kier alpha value is -2.41. The van der Waals surface area contributed by atoms with E-state index in [0.717, 1.165) is 11.2 Å². The van der Waals surface area contributed by atoms with Gasteiger partial charge in [-0.1, -0.05) is 6.07 Å². The fourth-order valence-electron chi connectivity index (χ4n) is 3.66.